The Hall–Kier alpha value is -1.42. The zero-order valence-corrected chi connectivity index (χ0v) is 10.9. The van der Waals surface area contributed by atoms with Gasteiger partial charge in [-0.3, -0.25) is 9.78 Å². The Bertz CT molecular complexity index is 372. The molecule has 0 aliphatic carbocycles. The molecule has 4 heteroatoms. The number of nitrogens with zero attached hydrogens (tertiary/aromatic N) is 2. The topological polar surface area (TPSA) is 45.2 Å². The van der Waals surface area contributed by atoms with Gasteiger partial charge >= 0.3 is 0 Å². The van der Waals surface area contributed by atoms with E-state index in [1.165, 1.54) is 5.56 Å². The van der Waals surface area contributed by atoms with Gasteiger partial charge in [-0.15, -0.1) is 0 Å². The molecule has 98 valence electrons. The van der Waals surface area contributed by atoms with Crippen LogP contribution in [0.5, 0.6) is 0 Å². The molecule has 1 aromatic rings. The van der Waals surface area contributed by atoms with Crippen molar-refractivity contribution in [3.05, 3.63) is 30.1 Å². The fraction of sp³-hybridized carbons (Fsp3) is 0.571. The molecule has 4 nitrogen and oxygen atoms in total. The summed E-state index contributed by atoms with van der Waals surface area (Å²) < 4.78 is 0. The average molecular weight is 247 g/mol. The third kappa shape index (κ3) is 3.53. The van der Waals surface area contributed by atoms with Gasteiger partial charge in [0.25, 0.3) is 0 Å². The molecule has 0 radical (unpaired) electrons. The maximum Gasteiger partial charge on any atom is 0.222 e. The smallest absolute Gasteiger partial charge is 0.222 e. The van der Waals surface area contributed by atoms with E-state index in [-0.39, 0.29) is 11.8 Å². The zero-order valence-electron chi connectivity index (χ0n) is 10.9. The maximum atomic E-state index is 11.5. The predicted octanol–water partition coefficient (Wildman–Crippen LogP) is 1.08. The first-order valence-corrected chi connectivity index (χ1v) is 6.62. The Morgan fingerprint density at radius 3 is 2.67 bits per heavy atom. The Morgan fingerprint density at radius 1 is 1.39 bits per heavy atom. The van der Waals surface area contributed by atoms with Crippen LogP contribution in [0.1, 0.15) is 18.4 Å². The second-order valence-corrected chi connectivity index (χ2v) is 4.84. The molecule has 1 aliphatic heterocycles. The number of likely N-dealkylation sites (tertiary alicyclic amines) is 1. The number of amides is 1. The summed E-state index contributed by atoms with van der Waals surface area (Å²) in [6, 6.07) is 4.13. The average Bonchev–Trinajstić information content (AvgIpc) is 2.46. The number of carbonyl (C=O) groups is 1. The summed E-state index contributed by atoms with van der Waals surface area (Å²) in [6.45, 7) is 3.14. The third-order valence-corrected chi connectivity index (χ3v) is 3.67. The van der Waals surface area contributed by atoms with Gasteiger partial charge in [-0.05, 0) is 50.0 Å². The molecule has 0 atom stereocenters. The molecule has 0 bridgehead atoms. The summed E-state index contributed by atoms with van der Waals surface area (Å²) in [5.74, 6) is 0.413. The van der Waals surface area contributed by atoms with E-state index in [2.05, 4.69) is 27.3 Å². The number of hydrogen-bond acceptors (Lipinski definition) is 3. The van der Waals surface area contributed by atoms with Crippen molar-refractivity contribution in [3.8, 4) is 0 Å². The monoisotopic (exact) mass is 247 g/mol. The summed E-state index contributed by atoms with van der Waals surface area (Å²) in [5.41, 5.74) is 1.33. The van der Waals surface area contributed by atoms with Crippen molar-refractivity contribution in [2.45, 2.75) is 19.3 Å². The van der Waals surface area contributed by atoms with Crippen LogP contribution < -0.4 is 5.32 Å². The lowest BCUT2D eigenvalue weighted by molar-refractivity contribution is -0.125. The van der Waals surface area contributed by atoms with Crippen molar-refractivity contribution in [2.24, 2.45) is 5.92 Å². The van der Waals surface area contributed by atoms with Crippen LogP contribution in [0.3, 0.4) is 0 Å². The molecule has 2 rings (SSSR count). The Morgan fingerprint density at radius 2 is 2.06 bits per heavy atom. The number of aromatic nitrogens is 1. The number of rotatable bonds is 4. The van der Waals surface area contributed by atoms with E-state index >= 15 is 0 Å². The van der Waals surface area contributed by atoms with Gasteiger partial charge < -0.3 is 10.2 Å². The standard InChI is InChI=1S/C14H21N3O/c1-15-14(18)13-5-10-17(11-6-13)9-4-12-2-7-16-8-3-12/h2-3,7-8,13H,4-6,9-11H2,1H3,(H,15,18). The number of carbonyl (C=O) groups excluding carboxylic acids is 1. The number of nitrogens with one attached hydrogen (secondary N) is 1. The molecule has 1 fully saturated rings. The van der Waals surface area contributed by atoms with Crippen LogP contribution in [0.4, 0.5) is 0 Å². The highest BCUT2D eigenvalue weighted by Gasteiger charge is 2.23. The fourth-order valence-corrected chi connectivity index (χ4v) is 2.46. The molecule has 2 heterocycles. The minimum Gasteiger partial charge on any atom is -0.359 e. The molecule has 18 heavy (non-hydrogen) atoms. The molecular formula is C14H21N3O. The fourth-order valence-electron chi connectivity index (χ4n) is 2.46. The molecule has 1 saturated heterocycles. The summed E-state index contributed by atoms with van der Waals surface area (Å²) in [7, 11) is 1.72. The largest absolute Gasteiger partial charge is 0.359 e. The van der Waals surface area contributed by atoms with E-state index < -0.39 is 0 Å². The second-order valence-electron chi connectivity index (χ2n) is 4.84. The van der Waals surface area contributed by atoms with E-state index in [0.29, 0.717) is 0 Å². The summed E-state index contributed by atoms with van der Waals surface area (Å²) in [4.78, 5) is 18.0. The summed E-state index contributed by atoms with van der Waals surface area (Å²) >= 11 is 0. The van der Waals surface area contributed by atoms with E-state index in [9.17, 15) is 4.79 Å². The highest BCUT2D eigenvalue weighted by Crippen LogP contribution is 2.17. The van der Waals surface area contributed by atoms with Crippen molar-refractivity contribution in [1.29, 1.82) is 0 Å². The first kappa shape index (κ1) is 13.0. The van der Waals surface area contributed by atoms with Gasteiger partial charge in [-0.1, -0.05) is 0 Å². The van der Waals surface area contributed by atoms with Crippen molar-refractivity contribution >= 4 is 5.91 Å². The highest BCUT2D eigenvalue weighted by atomic mass is 16.1. The first-order valence-electron chi connectivity index (χ1n) is 6.62. The van der Waals surface area contributed by atoms with Crippen LogP contribution in [0.15, 0.2) is 24.5 Å². The van der Waals surface area contributed by atoms with Crippen LogP contribution in [0, 0.1) is 5.92 Å². The highest BCUT2D eigenvalue weighted by molar-refractivity contribution is 5.78. The van der Waals surface area contributed by atoms with Crippen LogP contribution >= 0.6 is 0 Å². The Labute approximate surface area is 108 Å². The van der Waals surface area contributed by atoms with E-state index in [0.717, 1.165) is 38.9 Å². The predicted molar refractivity (Wildman–Crippen MR) is 71.2 cm³/mol. The number of pyridine rings is 1. The van der Waals surface area contributed by atoms with Gasteiger partial charge in [-0.25, -0.2) is 0 Å². The lowest BCUT2D eigenvalue weighted by Gasteiger charge is -2.30. The second kappa shape index (κ2) is 6.50. The third-order valence-electron chi connectivity index (χ3n) is 3.67. The first-order chi connectivity index (χ1) is 8.79. The lowest BCUT2D eigenvalue weighted by atomic mass is 9.96. The molecule has 0 aromatic carbocycles. The molecule has 1 aliphatic rings. The van der Waals surface area contributed by atoms with Crippen LogP contribution in [-0.4, -0.2) is 42.5 Å². The molecule has 0 spiro atoms. The van der Waals surface area contributed by atoms with E-state index in [1.807, 2.05) is 12.4 Å². The van der Waals surface area contributed by atoms with Gasteiger partial charge in [0.2, 0.25) is 5.91 Å². The van der Waals surface area contributed by atoms with Crippen LogP contribution in [-0.2, 0) is 11.2 Å². The van der Waals surface area contributed by atoms with Crippen molar-refractivity contribution < 1.29 is 4.79 Å². The minimum atomic E-state index is 0.198. The van der Waals surface area contributed by atoms with Crippen molar-refractivity contribution in [2.75, 3.05) is 26.7 Å². The molecule has 0 unspecified atom stereocenters. The van der Waals surface area contributed by atoms with Crippen LogP contribution in [0.2, 0.25) is 0 Å². The lowest BCUT2D eigenvalue weighted by Crippen LogP contribution is -2.40. The molecule has 1 N–H and O–H groups in total. The quantitative estimate of drug-likeness (QED) is 0.866. The van der Waals surface area contributed by atoms with E-state index in [1.54, 1.807) is 7.05 Å². The molecule has 0 saturated carbocycles. The Kier molecular flexibility index (Phi) is 4.70. The molecular weight excluding hydrogens is 226 g/mol. The van der Waals surface area contributed by atoms with Gasteiger partial charge in [-0.2, -0.15) is 0 Å². The van der Waals surface area contributed by atoms with E-state index in [4.69, 9.17) is 0 Å². The number of piperidine rings is 1. The van der Waals surface area contributed by atoms with Gasteiger partial charge in [0, 0.05) is 31.9 Å². The van der Waals surface area contributed by atoms with Crippen molar-refractivity contribution in [1.82, 2.24) is 15.2 Å². The van der Waals surface area contributed by atoms with Crippen LogP contribution in [0.25, 0.3) is 0 Å². The Balaban J connectivity index is 1.72. The van der Waals surface area contributed by atoms with Gasteiger partial charge in [0.05, 0.1) is 0 Å². The molecule has 1 aromatic heterocycles. The van der Waals surface area contributed by atoms with Crippen molar-refractivity contribution in [3.63, 3.8) is 0 Å². The summed E-state index contributed by atoms with van der Waals surface area (Å²) in [6.07, 6.45) is 6.71. The zero-order chi connectivity index (χ0) is 12.8. The minimum absolute atomic E-state index is 0.198. The van der Waals surface area contributed by atoms with Gasteiger partial charge in [0.15, 0.2) is 0 Å². The summed E-state index contributed by atoms with van der Waals surface area (Å²) in [5, 5.41) is 2.74. The van der Waals surface area contributed by atoms with Gasteiger partial charge in [0.1, 0.15) is 0 Å². The normalized spacial score (nSPS) is 17.6. The maximum absolute atomic E-state index is 11.5. The number of hydrogen-bond donors (Lipinski definition) is 1. The SMILES string of the molecule is CNC(=O)C1CCN(CCc2ccncc2)CC1. The molecule has 1 amide bonds.